The van der Waals surface area contributed by atoms with Gasteiger partial charge >= 0.3 is 6.09 Å². The average molecular weight is 414 g/mol. The normalized spacial score (nSPS) is 10.3. The van der Waals surface area contributed by atoms with Crippen molar-refractivity contribution in [1.82, 2.24) is 15.0 Å². The van der Waals surface area contributed by atoms with Crippen LogP contribution in [0, 0.1) is 6.92 Å². The molecule has 3 rings (SSSR count). The van der Waals surface area contributed by atoms with E-state index in [9.17, 15) is 4.79 Å². The van der Waals surface area contributed by atoms with Crippen LogP contribution in [0.2, 0.25) is 0 Å². The molecule has 2 heterocycles. The lowest BCUT2D eigenvalue weighted by Gasteiger charge is -2.20. The number of nitrogen functional groups attached to an aromatic ring is 1. The summed E-state index contributed by atoms with van der Waals surface area (Å²) in [6, 6.07) is 9.40. The second-order valence-corrected chi connectivity index (χ2v) is 6.42. The highest BCUT2D eigenvalue weighted by molar-refractivity contribution is 5.91. The Morgan fingerprint density at radius 2 is 1.90 bits per heavy atom. The van der Waals surface area contributed by atoms with E-state index in [1.807, 2.05) is 38.2 Å². The van der Waals surface area contributed by atoms with Crippen molar-refractivity contribution in [1.29, 1.82) is 0 Å². The van der Waals surface area contributed by atoms with Gasteiger partial charge in [-0.25, -0.2) is 19.7 Å². The van der Waals surface area contributed by atoms with E-state index in [4.69, 9.17) is 15.2 Å². The van der Waals surface area contributed by atoms with Crippen LogP contribution in [0.4, 0.5) is 22.1 Å². The smallest absolute Gasteiger partial charge is 0.412 e. The highest BCUT2D eigenvalue weighted by atomic mass is 16.5. The number of ether oxygens (including phenoxy) is 2. The number of hydrogen-bond donors (Lipinski definition) is 2. The molecule has 0 radical (unpaired) electrons. The summed E-state index contributed by atoms with van der Waals surface area (Å²) in [4.78, 5) is 27.1. The molecule has 0 atom stereocenters. The van der Waals surface area contributed by atoms with E-state index in [1.165, 1.54) is 0 Å². The number of aromatic nitrogens is 3. The number of fused-ring (bicyclic) bond motifs is 1. The van der Waals surface area contributed by atoms with Gasteiger partial charge in [0, 0.05) is 18.8 Å². The molecular weight excluding hydrogens is 388 g/mol. The average Bonchev–Trinajstić information content (AvgIpc) is 2.69. The lowest BCUT2D eigenvalue weighted by Crippen LogP contribution is -2.19. The van der Waals surface area contributed by atoms with Gasteiger partial charge in [-0.05, 0) is 38.1 Å². The number of anilines is 3. The summed E-state index contributed by atoms with van der Waals surface area (Å²) in [5.74, 6) is 1.26. The number of nitrogens with zero attached hydrogens (tertiary/aromatic N) is 4. The molecule has 1 aromatic carbocycles. The Morgan fingerprint density at radius 3 is 2.53 bits per heavy atom. The summed E-state index contributed by atoms with van der Waals surface area (Å²) >= 11 is 0. The van der Waals surface area contributed by atoms with Crippen molar-refractivity contribution in [3.63, 3.8) is 0 Å². The number of amides is 1. The number of aryl methyl sites for hydroxylation is 1. The number of pyridine rings is 1. The Kier molecular flexibility index (Phi) is 7.32. The number of methoxy groups -OCH3 is 1. The maximum atomic E-state index is 11.6. The van der Waals surface area contributed by atoms with Crippen LogP contribution in [-0.2, 0) is 11.3 Å². The first-order valence-electron chi connectivity index (χ1n) is 9.14. The lowest BCUT2D eigenvalue weighted by molar-refractivity contribution is 0.168. The predicted molar refractivity (Wildman–Crippen MR) is 116 cm³/mol. The second kappa shape index (κ2) is 9.70. The van der Waals surface area contributed by atoms with Crippen LogP contribution < -0.4 is 20.7 Å². The molecule has 30 heavy (non-hydrogen) atoms. The van der Waals surface area contributed by atoms with Crippen LogP contribution in [0.25, 0.3) is 11.0 Å². The molecular formula is C20H26N6O4. The molecule has 2 aromatic heterocycles. The summed E-state index contributed by atoms with van der Waals surface area (Å²) in [6.45, 7) is 4.42. The molecule has 3 aromatic rings. The molecule has 10 heteroatoms. The molecule has 0 fully saturated rings. The van der Waals surface area contributed by atoms with E-state index < -0.39 is 6.09 Å². The first-order chi connectivity index (χ1) is 13.9. The Bertz CT molecular complexity index is 1030. The zero-order valence-corrected chi connectivity index (χ0v) is 17.4. The van der Waals surface area contributed by atoms with Gasteiger partial charge < -0.3 is 25.6 Å². The molecule has 0 aliphatic heterocycles. The third kappa shape index (κ3) is 5.03. The summed E-state index contributed by atoms with van der Waals surface area (Å²) in [5, 5.41) is 2.53. The Labute approximate surface area is 174 Å². The van der Waals surface area contributed by atoms with E-state index in [-0.39, 0.29) is 23.7 Å². The Hall–Kier alpha value is -3.66. The molecule has 0 aliphatic rings. The number of hydrogen-bond acceptors (Lipinski definition) is 8. The van der Waals surface area contributed by atoms with Gasteiger partial charge in [-0.1, -0.05) is 0 Å². The molecule has 0 aliphatic carbocycles. The standard InChI is InChI=1S/C20H24N6O3.H2O/c1-5-29-20(27)25-17-10-15-18(19(21)24-17)23-16(12(2)22-15)11-26(3)13-6-8-14(28-4)9-7-13;/h6-10H,5,11H2,1-4H3,(H3,21,24,25,27);1H2. The minimum absolute atomic E-state index is 0. The first kappa shape index (κ1) is 22.6. The SMILES string of the molecule is CCOC(=O)Nc1cc2nc(C)c(CN(C)c3ccc(OC)cc3)nc2c(N)n1.O. The van der Waals surface area contributed by atoms with E-state index in [0.29, 0.717) is 17.6 Å². The maximum absolute atomic E-state index is 11.6. The number of carbonyl (C=O) groups excluding carboxylic acids is 1. The van der Waals surface area contributed by atoms with E-state index in [1.54, 1.807) is 20.1 Å². The van der Waals surface area contributed by atoms with Crippen LogP contribution in [0.5, 0.6) is 5.75 Å². The molecule has 10 nitrogen and oxygen atoms in total. The van der Waals surface area contributed by atoms with Crippen LogP contribution in [0.3, 0.4) is 0 Å². The van der Waals surface area contributed by atoms with Gasteiger partial charge in [0.05, 0.1) is 37.2 Å². The largest absolute Gasteiger partial charge is 0.497 e. The molecule has 160 valence electrons. The van der Waals surface area contributed by atoms with Crippen LogP contribution >= 0.6 is 0 Å². The van der Waals surface area contributed by atoms with Gasteiger partial charge in [-0.3, -0.25) is 5.32 Å². The summed E-state index contributed by atoms with van der Waals surface area (Å²) in [5.41, 5.74) is 9.69. The summed E-state index contributed by atoms with van der Waals surface area (Å²) < 4.78 is 10.1. The third-order valence-electron chi connectivity index (χ3n) is 4.36. The van der Waals surface area contributed by atoms with Gasteiger partial charge in [0.1, 0.15) is 17.1 Å². The number of nitrogens with one attached hydrogen (secondary N) is 1. The van der Waals surface area contributed by atoms with Gasteiger partial charge in [0.25, 0.3) is 0 Å². The fraction of sp³-hybridized carbons (Fsp3) is 0.300. The van der Waals surface area contributed by atoms with E-state index >= 15 is 0 Å². The van der Waals surface area contributed by atoms with Gasteiger partial charge in [0.2, 0.25) is 0 Å². The molecule has 1 amide bonds. The van der Waals surface area contributed by atoms with Crippen molar-refractivity contribution in [3.8, 4) is 5.75 Å². The van der Waals surface area contributed by atoms with E-state index in [0.717, 1.165) is 22.8 Å². The number of benzene rings is 1. The number of rotatable bonds is 6. The van der Waals surface area contributed by atoms with Gasteiger partial charge in [-0.15, -0.1) is 0 Å². The monoisotopic (exact) mass is 414 g/mol. The summed E-state index contributed by atoms with van der Waals surface area (Å²) in [7, 11) is 3.61. The highest BCUT2D eigenvalue weighted by Crippen LogP contribution is 2.24. The molecule has 0 saturated heterocycles. The lowest BCUT2D eigenvalue weighted by atomic mass is 10.2. The van der Waals surface area contributed by atoms with Gasteiger partial charge in [0.15, 0.2) is 5.82 Å². The topological polar surface area (TPSA) is 147 Å². The van der Waals surface area contributed by atoms with Crippen LogP contribution in [0.15, 0.2) is 30.3 Å². The van der Waals surface area contributed by atoms with Crippen molar-refractivity contribution in [2.24, 2.45) is 0 Å². The predicted octanol–water partition coefficient (Wildman–Crippen LogP) is 2.30. The minimum Gasteiger partial charge on any atom is -0.497 e. The number of carbonyl (C=O) groups is 1. The highest BCUT2D eigenvalue weighted by Gasteiger charge is 2.14. The maximum Gasteiger partial charge on any atom is 0.412 e. The molecule has 5 N–H and O–H groups in total. The van der Waals surface area contributed by atoms with Crippen molar-refractivity contribution in [2.45, 2.75) is 20.4 Å². The van der Waals surface area contributed by atoms with Crippen LogP contribution in [-0.4, -0.2) is 47.3 Å². The first-order valence-corrected chi connectivity index (χ1v) is 9.14. The van der Waals surface area contributed by atoms with Crippen molar-refractivity contribution in [3.05, 3.63) is 41.7 Å². The Balaban J connectivity index is 0.00000320. The molecule has 0 unspecified atom stereocenters. The van der Waals surface area contributed by atoms with Crippen molar-refractivity contribution in [2.75, 3.05) is 36.7 Å². The number of nitrogens with two attached hydrogens (primary N) is 1. The Morgan fingerprint density at radius 1 is 1.20 bits per heavy atom. The molecule has 0 saturated carbocycles. The second-order valence-electron chi connectivity index (χ2n) is 6.42. The fourth-order valence-corrected chi connectivity index (χ4v) is 2.84. The zero-order valence-electron chi connectivity index (χ0n) is 17.4. The van der Waals surface area contributed by atoms with Gasteiger partial charge in [-0.2, -0.15) is 0 Å². The van der Waals surface area contributed by atoms with E-state index in [2.05, 4.69) is 25.2 Å². The molecule has 0 bridgehead atoms. The van der Waals surface area contributed by atoms with Crippen LogP contribution in [0.1, 0.15) is 18.3 Å². The summed E-state index contributed by atoms with van der Waals surface area (Å²) in [6.07, 6.45) is -0.596. The minimum atomic E-state index is -0.596. The molecule has 0 spiro atoms. The fourth-order valence-electron chi connectivity index (χ4n) is 2.84. The van der Waals surface area contributed by atoms with Crippen molar-refractivity contribution >= 4 is 34.4 Å². The van der Waals surface area contributed by atoms with Crippen molar-refractivity contribution < 1.29 is 19.7 Å². The third-order valence-corrected chi connectivity index (χ3v) is 4.36. The zero-order chi connectivity index (χ0) is 21.0. The quantitative estimate of drug-likeness (QED) is 0.624.